The Labute approximate surface area is 165 Å². The highest BCUT2D eigenvalue weighted by Gasteiger charge is 2.21. The number of hydrogen-bond acceptors (Lipinski definition) is 3. The lowest BCUT2D eigenvalue weighted by atomic mass is 9.88. The fourth-order valence-electron chi connectivity index (χ4n) is 3.27. The van der Waals surface area contributed by atoms with Crippen LogP contribution in [0.2, 0.25) is 5.02 Å². The fraction of sp³-hybridized carbons (Fsp3) is 0.350. The highest BCUT2D eigenvalue weighted by molar-refractivity contribution is 7.92. The topological polar surface area (TPSA) is 75.3 Å². The van der Waals surface area contributed by atoms with Crippen molar-refractivity contribution < 1.29 is 13.2 Å². The van der Waals surface area contributed by atoms with Crippen LogP contribution in [0.15, 0.2) is 47.4 Å². The summed E-state index contributed by atoms with van der Waals surface area (Å²) in [5.41, 5.74) is 1.82. The highest BCUT2D eigenvalue weighted by atomic mass is 35.5. The standard InChI is InChI=1S/C20H23ClN2O3S/c1-14-13-16(21)7-12-19(14)23-27(25,26)18-10-8-17(9-11-18)22-20(24)15-5-3-2-4-6-15/h7-13,15,23H,2-6H2,1H3,(H,22,24). The zero-order valence-electron chi connectivity index (χ0n) is 15.2. The summed E-state index contributed by atoms with van der Waals surface area (Å²) in [6.07, 6.45) is 5.21. The van der Waals surface area contributed by atoms with Crippen LogP contribution in [0.3, 0.4) is 0 Å². The molecule has 7 heteroatoms. The molecule has 2 aromatic rings. The summed E-state index contributed by atoms with van der Waals surface area (Å²) in [6.45, 7) is 1.79. The third kappa shape index (κ3) is 5.02. The molecule has 3 rings (SSSR count). The second-order valence-corrected chi connectivity index (χ2v) is 9.03. The lowest BCUT2D eigenvalue weighted by molar-refractivity contribution is -0.120. The lowest BCUT2D eigenvalue weighted by Crippen LogP contribution is -2.24. The second-order valence-electron chi connectivity index (χ2n) is 6.91. The number of rotatable bonds is 5. The first-order valence-electron chi connectivity index (χ1n) is 9.05. The molecule has 1 aliphatic carbocycles. The van der Waals surface area contributed by atoms with Crippen molar-refractivity contribution in [3.05, 3.63) is 53.1 Å². The van der Waals surface area contributed by atoms with Crippen molar-refractivity contribution in [2.24, 2.45) is 5.92 Å². The first-order chi connectivity index (χ1) is 12.8. The molecule has 1 aliphatic rings. The number of amides is 1. The number of nitrogens with one attached hydrogen (secondary N) is 2. The number of aryl methyl sites for hydroxylation is 1. The summed E-state index contributed by atoms with van der Waals surface area (Å²) in [5, 5.41) is 3.44. The Balaban J connectivity index is 1.69. The minimum Gasteiger partial charge on any atom is -0.326 e. The molecule has 5 nitrogen and oxygen atoms in total. The van der Waals surface area contributed by atoms with Gasteiger partial charge in [-0.1, -0.05) is 30.9 Å². The molecule has 0 atom stereocenters. The SMILES string of the molecule is Cc1cc(Cl)ccc1NS(=O)(=O)c1ccc(NC(=O)C2CCCCC2)cc1. The summed E-state index contributed by atoms with van der Waals surface area (Å²) in [6, 6.07) is 11.2. The van der Waals surface area contributed by atoms with Gasteiger partial charge in [-0.05, 0) is 67.8 Å². The van der Waals surface area contributed by atoms with Gasteiger partial charge in [0.1, 0.15) is 0 Å². The molecule has 0 bridgehead atoms. The van der Waals surface area contributed by atoms with Crippen LogP contribution in [0.1, 0.15) is 37.7 Å². The Bertz CT molecular complexity index is 921. The van der Waals surface area contributed by atoms with Gasteiger partial charge in [-0.15, -0.1) is 0 Å². The van der Waals surface area contributed by atoms with Gasteiger partial charge in [0.05, 0.1) is 10.6 Å². The predicted octanol–water partition coefficient (Wildman–Crippen LogP) is 4.97. The molecular formula is C20H23ClN2O3S. The zero-order chi connectivity index (χ0) is 19.4. The van der Waals surface area contributed by atoms with Crippen molar-refractivity contribution in [2.45, 2.75) is 43.9 Å². The number of carbonyl (C=O) groups is 1. The van der Waals surface area contributed by atoms with E-state index in [1.807, 2.05) is 0 Å². The average Bonchev–Trinajstić information content (AvgIpc) is 2.65. The molecule has 1 amide bonds. The Kier molecular flexibility index (Phi) is 6.07. The van der Waals surface area contributed by atoms with Crippen LogP contribution < -0.4 is 10.0 Å². The van der Waals surface area contributed by atoms with Crippen molar-refractivity contribution in [3.63, 3.8) is 0 Å². The Morgan fingerprint density at radius 3 is 2.33 bits per heavy atom. The van der Waals surface area contributed by atoms with Gasteiger partial charge < -0.3 is 5.32 Å². The molecule has 1 fully saturated rings. The van der Waals surface area contributed by atoms with Crippen molar-refractivity contribution in [2.75, 3.05) is 10.0 Å². The molecule has 1 saturated carbocycles. The first-order valence-corrected chi connectivity index (χ1v) is 10.9. The van der Waals surface area contributed by atoms with Gasteiger partial charge in [-0.3, -0.25) is 9.52 Å². The van der Waals surface area contributed by atoms with Gasteiger partial charge in [0, 0.05) is 16.6 Å². The van der Waals surface area contributed by atoms with E-state index >= 15 is 0 Å². The summed E-state index contributed by atoms with van der Waals surface area (Å²) in [5.74, 6) is 0.0666. The van der Waals surface area contributed by atoms with E-state index in [1.54, 1.807) is 37.3 Å². The maximum atomic E-state index is 12.6. The summed E-state index contributed by atoms with van der Waals surface area (Å²) in [7, 11) is -3.72. The van der Waals surface area contributed by atoms with Crippen LogP contribution >= 0.6 is 11.6 Å². The quantitative estimate of drug-likeness (QED) is 0.736. The number of carbonyl (C=O) groups excluding carboxylic acids is 1. The molecule has 0 aliphatic heterocycles. The van der Waals surface area contributed by atoms with Crippen LogP contribution in [-0.2, 0) is 14.8 Å². The van der Waals surface area contributed by atoms with Crippen molar-refractivity contribution in [1.82, 2.24) is 0 Å². The predicted molar refractivity (Wildman–Crippen MR) is 109 cm³/mol. The van der Waals surface area contributed by atoms with Crippen LogP contribution in [0.5, 0.6) is 0 Å². The van der Waals surface area contributed by atoms with Gasteiger partial charge in [0.2, 0.25) is 5.91 Å². The molecule has 27 heavy (non-hydrogen) atoms. The minimum atomic E-state index is -3.72. The van der Waals surface area contributed by atoms with Crippen LogP contribution in [0.4, 0.5) is 11.4 Å². The maximum Gasteiger partial charge on any atom is 0.261 e. The van der Waals surface area contributed by atoms with E-state index in [4.69, 9.17) is 11.6 Å². The molecule has 0 aromatic heterocycles. The lowest BCUT2D eigenvalue weighted by Gasteiger charge is -2.20. The molecule has 0 spiro atoms. The van der Waals surface area contributed by atoms with E-state index in [0.29, 0.717) is 16.4 Å². The van der Waals surface area contributed by atoms with Gasteiger partial charge in [0.25, 0.3) is 10.0 Å². The Morgan fingerprint density at radius 2 is 1.70 bits per heavy atom. The Hall–Kier alpha value is -2.05. The number of anilines is 2. The summed E-state index contributed by atoms with van der Waals surface area (Å²) in [4.78, 5) is 12.4. The van der Waals surface area contributed by atoms with Gasteiger partial charge in [-0.2, -0.15) is 0 Å². The molecule has 0 unspecified atom stereocenters. The van der Waals surface area contributed by atoms with Crippen LogP contribution in [0.25, 0.3) is 0 Å². The summed E-state index contributed by atoms with van der Waals surface area (Å²) < 4.78 is 27.7. The molecule has 144 valence electrons. The molecule has 2 aromatic carbocycles. The van der Waals surface area contributed by atoms with E-state index in [2.05, 4.69) is 10.0 Å². The maximum absolute atomic E-state index is 12.6. The van der Waals surface area contributed by atoms with Gasteiger partial charge in [0.15, 0.2) is 0 Å². The zero-order valence-corrected chi connectivity index (χ0v) is 16.7. The van der Waals surface area contributed by atoms with E-state index in [-0.39, 0.29) is 16.7 Å². The third-order valence-corrected chi connectivity index (χ3v) is 6.46. The van der Waals surface area contributed by atoms with E-state index < -0.39 is 10.0 Å². The molecule has 0 saturated heterocycles. The molecule has 0 radical (unpaired) electrons. The normalized spacial score (nSPS) is 15.3. The minimum absolute atomic E-state index is 0.0141. The number of sulfonamides is 1. The smallest absolute Gasteiger partial charge is 0.261 e. The van der Waals surface area contributed by atoms with Crippen molar-refractivity contribution in [1.29, 1.82) is 0 Å². The number of benzene rings is 2. The van der Waals surface area contributed by atoms with Gasteiger partial charge in [-0.25, -0.2) is 8.42 Å². The second kappa shape index (κ2) is 8.31. The summed E-state index contributed by atoms with van der Waals surface area (Å²) >= 11 is 5.91. The highest BCUT2D eigenvalue weighted by Crippen LogP contribution is 2.26. The monoisotopic (exact) mass is 406 g/mol. The number of halogens is 1. The van der Waals surface area contributed by atoms with Crippen LogP contribution in [-0.4, -0.2) is 14.3 Å². The molecular weight excluding hydrogens is 384 g/mol. The number of hydrogen-bond donors (Lipinski definition) is 2. The largest absolute Gasteiger partial charge is 0.326 e. The fourth-order valence-corrected chi connectivity index (χ4v) is 4.63. The first kappa shape index (κ1) is 19.7. The van der Waals surface area contributed by atoms with Crippen molar-refractivity contribution in [3.8, 4) is 0 Å². The van der Waals surface area contributed by atoms with E-state index in [0.717, 1.165) is 31.2 Å². The third-order valence-electron chi connectivity index (χ3n) is 4.84. The molecule has 2 N–H and O–H groups in total. The Morgan fingerprint density at radius 1 is 1.04 bits per heavy atom. The molecule has 0 heterocycles. The van der Waals surface area contributed by atoms with Crippen LogP contribution in [0, 0.1) is 12.8 Å². The van der Waals surface area contributed by atoms with E-state index in [1.165, 1.54) is 18.6 Å². The average molecular weight is 407 g/mol. The van der Waals surface area contributed by atoms with Gasteiger partial charge >= 0.3 is 0 Å². The van der Waals surface area contributed by atoms with E-state index in [9.17, 15) is 13.2 Å². The van der Waals surface area contributed by atoms with Crippen molar-refractivity contribution >= 4 is 38.9 Å².